The maximum Gasteiger partial charge on any atom is 0.262 e. The van der Waals surface area contributed by atoms with Gasteiger partial charge in [-0.1, -0.05) is 17.7 Å². The molecule has 2 aromatic rings. The van der Waals surface area contributed by atoms with Gasteiger partial charge in [0.05, 0.1) is 11.4 Å². The van der Waals surface area contributed by atoms with Crippen molar-refractivity contribution in [2.75, 3.05) is 17.7 Å². The van der Waals surface area contributed by atoms with Gasteiger partial charge in [0.2, 0.25) is 0 Å². The van der Waals surface area contributed by atoms with E-state index in [-0.39, 0.29) is 12.5 Å². The lowest BCUT2D eigenvalue weighted by molar-refractivity contribution is -0.118. The van der Waals surface area contributed by atoms with Gasteiger partial charge in [0.1, 0.15) is 11.6 Å². The van der Waals surface area contributed by atoms with Crippen molar-refractivity contribution in [2.45, 2.75) is 13.8 Å². The van der Waals surface area contributed by atoms with Crippen LogP contribution in [0.5, 0.6) is 5.75 Å². The molecule has 0 aliphatic carbocycles. The maximum absolute atomic E-state index is 11.8. The average Bonchev–Trinajstić information content (AvgIpc) is 2.41. The first-order valence-corrected chi connectivity index (χ1v) is 6.27. The van der Waals surface area contributed by atoms with E-state index in [4.69, 9.17) is 10.5 Å². The normalized spacial score (nSPS) is 10.1. The van der Waals surface area contributed by atoms with Crippen LogP contribution >= 0.6 is 0 Å². The third-order valence-corrected chi connectivity index (χ3v) is 2.77. The van der Waals surface area contributed by atoms with E-state index in [0.29, 0.717) is 22.9 Å². The number of benzene rings is 1. The number of amides is 1. The predicted octanol–water partition coefficient (Wildman–Crippen LogP) is 2.30. The number of hydrogen-bond acceptors (Lipinski definition) is 4. The number of pyridine rings is 1. The molecule has 0 fully saturated rings. The molecule has 2 rings (SSSR count). The van der Waals surface area contributed by atoms with Crippen molar-refractivity contribution >= 4 is 17.4 Å². The van der Waals surface area contributed by atoms with Gasteiger partial charge in [0.25, 0.3) is 5.91 Å². The van der Waals surface area contributed by atoms with E-state index < -0.39 is 0 Å². The lowest BCUT2D eigenvalue weighted by Crippen LogP contribution is -2.21. The van der Waals surface area contributed by atoms with E-state index in [1.54, 1.807) is 19.1 Å². The van der Waals surface area contributed by atoms with Gasteiger partial charge in [-0.05, 0) is 38.1 Å². The van der Waals surface area contributed by atoms with Crippen molar-refractivity contribution in [2.24, 2.45) is 0 Å². The number of nitrogens with two attached hydrogens (primary N) is 1. The lowest BCUT2D eigenvalue weighted by atomic mass is 10.2. The summed E-state index contributed by atoms with van der Waals surface area (Å²) in [7, 11) is 0. The Labute approximate surface area is 117 Å². The van der Waals surface area contributed by atoms with Crippen LogP contribution in [0.15, 0.2) is 36.4 Å². The molecule has 0 unspecified atom stereocenters. The standard InChI is InChI=1S/C15H17N3O2/c1-10-3-5-12(6-4-10)20-9-15(19)18-13-7-8-14(16)17-11(13)2/h3-8H,9H2,1-2H3,(H2,16,17)(H,18,19). The molecular weight excluding hydrogens is 254 g/mol. The minimum atomic E-state index is -0.236. The number of aromatic nitrogens is 1. The van der Waals surface area contributed by atoms with Gasteiger partial charge in [-0.15, -0.1) is 0 Å². The van der Waals surface area contributed by atoms with Crippen molar-refractivity contribution in [3.05, 3.63) is 47.7 Å². The van der Waals surface area contributed by atoms with Gasteiger partial charge in [-0.2, -0.15) is 0 Å². The summed E-state index contributed by atoms with van der Waals surface area (Å²) in [5, 5.41) is 2.74. The topological polar surface area (TPSA) is 77.2 Å². The fourth-order valence-corrected chi connectivity index (χ4v) is 1.68. The number of nitrogens with zero attached hydrogens (tertiary/aromatic N) is 1. The summed E-state index contributed by atoms with van der Waals surface area (Å²) in [6, 6.07) is 10.9. The van der Waals surface area contributed by atoms with E-state index in [1.165, 1.54) is 0 Å². The number of rotatable bonds is 4. The number of carbonyl (C=O) groups is 1. The number of nitrogen functional groups attached to an aromatic ring is 1. The molecule has 5 heteroatoms. The van der Waals surface area contributed by atoms with Crippen LogP contribution < -0.4 is 15.8 Å². The molecule has 1 aromatic heterocycles. The van der Waals surface area contributed by atoms with Crippen LogP contribution in [-0.2, 0) is 4.79 Å². The molecule has 20 heavy (non-hydrogen) atoms. The zero-order valence-electron chi connectivity index (χ0n) is 11.5. The molecule has 3 N–H and O–H groups in total. The first-order chi connectivity index (χ1) is 9.54. The minimum Gasteiger partial charge on any atom is -0.484 e. The van der Waals surface area contributed by atoms with Gasteiger partial charge in [0.15, 0.2) is 6.61 Å². The van der Waals surface area contributed by atoms with Crippen LogP contribution in [0.25, 0.3) is 0 Å². The van der Waals surface area contributed by atoms with Gasteiger partial charge >= 0.3 is 0 Å². The van der Waals surface area contributed by atoms with E-state index >= 15 is 0 Å². The Morgan fingerprint density at radius 1 is 1.20 bits per heavy atom. The summed E-state index contributed by atoms with van der Waals surface area (Å²) in [6.45, 7) is 3.73. The summed E-state index contributed by atoms with van der Waals surface area (Å²) in [6.07, 6.45) is 0. The molecule has 104 valence electrons. The molecule has 0 saturated carbocycles. The number of ether oxygens (including phenoxy) is 1. The van der Waals surface area contributed by atoms with Gasteiger partial charge in [-0.3, -0.25) is 4.79 Å². The number of carbonyl (C=O) groups excluding carboxylic acids is 1. The quantitative estimate of drug-likeness (QED) is 0.894. The Bertz CT molecular complexity index is 609. The number of aryl methyl sites for hydroxylation is 2. The molecule has 0 atom stereocenters. The fraction of sp³-hybridized carbons (Fsp3) is 0.200. The molecule has 0 bridgehead atoms. The summed E-state index contributed by atoms with van der Waals surface area (Å²) in [5.74, 6) is 0.856. The zero-order chi connectivity index (χ0) is 14.5. The molecule has 0 saturated heterocycles. The molecule has 0 radical (unpaired) electrons. The smallest absolute Gasteiger partial charge is 0.262 e. The molecule has 5 nitrogen and oxygen atoms in total. The summed E-state index contributed by atoms with van der Waals surface area (Å²) in [4.78, 5) is 15.9. The first kappa shape index (κ1) is 13.9. The van der Waals surface area contributed by atoms with Crippen LogP contribution in [0.2, 0.25) is 0 Å². The van der Waals surface area contributed by atoms with Crippen molar-refractivity contribution in [3.63, 3.8) is 0 Å². The molecule has 0 aliphatic heterocycles. The van der Waals surface area contributed by atoms with E-state index in [2.05, 4.69) is 10.3 Å². The summed E-state index contributed by atoms with van der Waals surface area (Å²) in [5.41, 5.74) is 8.01. The second-order valence-electron chi connectivity index (χ2n) is 4.52. The predicted molar refractivity (Wildman–Crippen MR) is 78.7 cm³/mol. The van der Waals surface area contributed by atoms with Crippen LogP contribution in [0, 0.1) is 13.8 Å². The lowest BCUT2D eigenvalue weighted by Gasteiger charge is -2.09. The van der Waals surface area contributed by atoms with Crippen LogP contribution in [0.3, 0.4) is 0 Å². The highest BCUT2D eigenvalue weighted by molar-refractivity contribution is 5.92. The van der Waals surface area contributed by atoms with Crippen molar-refractivity contribution in [1.29, 1.82) is 0 Å². The highest BCUT2D eigenvalue weighted by Gasteiger charge is 2.06. The number of nitrogens with one attached hydrogen (secondary N) is 1. The molecular formula is C15H17N3O2. The average molecular weight is 271 g/mol. The van der Waals surface area contributed by atoms with Gasteiger partial charge in [-0.25, -0.2) is 4.98 Å². The van der Waals surface area contributed by atoms with Crippen molar-refractivity contribution < 1.29 is 9.53 Å². The van der Waals surface area contributed by atoms with Gasteiger partial charge in [0, 0.05) is 0 Å². The highest BCUT2D eigenvalue weighted by atomic mass is 16.5. The van der Waals surface area contributed by atoms with Crippen molar-refractivity contribution in [3.8, 4) is 5.75 Å². The first-order valence-electron chi connectivity index (χ1n) is 6.27. The van der Waals surface area contributed by atoms with Crippen LogP contribution in [-0.4, -0.2) is 17.5 Å². The van der Waals surface area contributed by atoms with E-state index in [1.807, 2.05) is 31.2 Å². The summed E-state index contributed by atoms with van der Waals surface area (Å²) >= 11 is 0. The second-order valence-corrected chi connectivity index (χ2v) is 4.52. The Kier molecular flexibility index (Phi) is 4.20. The Morgan fingerprint density at radius 3 is 2.55 bits per heavy atom. The number of hydrogen-bond donors (Lipinski definition) is 2. The minimum absolute atomic E-state index is 0.0487. The molecule has 0 spiro atoms. The monoisotopic (exact) mass is 271 g/mol. The van der Waals surface area contributed by atoms with Crippen LogP contribution in [0.1, 0.15) is 11.3 Å². The molecule has 1 amide bonds. The zero-order valence-corrected chi connectivity index (χ0v) is 11.5. The van der Waals surface area contributed by atoms with Crippen LogP contribution in [0.4, 0.5) is 11.5 Å². The third kappa shape index (κ3) is 3.71. The fourth-order valence-electron chi connectivity index (χ4n) is 1.68. The van der Waals surface area contributed by atoms with E-state index in [0.717, 1.165) is 5.56 Å². The van der Waals surface area contributed by atoms with Crippen molar-refractivity contribution in [1.82, 2.24) is 4.98 Å². The SMILES string of the molecule is Cc1ccc(OCC(=O)Nc2ccc(N)nc2C)cc1. The Morgan fingerprint density at radius 2 is 1.90 bits per heavy atom. The Hall–Kier alpha value is -2.56. The summed E-state index contributed by atoms with van der Waals surface area (Å²) < 4.78 is 5.40. The highest BCUT2D eigenvalue weighted by Crippen LogP contribution is 2.14. The largest absolute Gasteiger partial charge is 0.484 e. The number of anilines is 2. The molecule has 1 heterocycles. The van der Waals surface area contributed by atoms with Gasteiger partial charge < -0.3 is 15.8 Å². The molecule has 0 aliphatic rings. The third-order valence-electron chi connectivity index (χ3n) is 2.77. The molecule has 1 aromatic carbocycles. The second kappa shape index (κ2) is 6.06. The Balaban J connectivity index is 1.90. The van der Waals surface area contributed by atoms with E-state index in [9.17, 15) is 4.79 Å². The maximum atomic E-state index is 11.8.